The van der Waals surface area contributed by atoms with E-state index in [0.29, 0.717) is 0 Å². The Hall–Kier alpha value is -0.160. The van der Waals surface area contributed by atoms with Crippen LogP contribution in [0.2, 0.25) is 0 Å². The number of nitrogens with zero attached hydrogens (tertiary/aromatic N) is 1. The fourth-order valence-corrected chi connectivity index (χ4v) is 5.30. The summed E-state index contributed by atoms with van der Waals surface area (Å²) in [6, 6.07) is 0.961. The highest BCUT2D eigenvalue weighted by Gasteiger charge is 2.33. The number of hydrogen-bond donors (Lipinski definition) is 3. The predicted molar refractivity (Wildman–Crippen MR) is 120 cm³/mol. The minimum atomic E-state index is 0.961. The van der Waals surface area contributed by atoms with Gasteiger partial charge in [0, 0.05) is 19.5 Å². The topological polar surface area (TPSA) is 28.7 Å². The van der Waals surface area contributed by atoms with Crippen LogP contribution in [0.4, 0.5) is 0 Å². The van der Waals surface area contributed by atoms with Crippen molar-refractivity contribution in [2.45, 2.75) is 84.6 Å². The van der Waals surface area contributed by atoms with Gasteiger partial charge < -0.3 is 15.1 Å². The Morgan fingerprint density at radius 3 is 2.00 bits per heavy atom. The van der Waals surface area contributed by atoms with Gasteiger partial charge in [-0.2, -0.15) is 0 Å². The summed E-state index contributed by atoms with van der Waals surface area (Å²) in [6.07, 6.45) is 13.3. The average molecular weight is 398 g/mol. The summed E-state index contributed by atoms with van der Waals surface area (Å²) in [5, 5.41) is 2.42. The standard InChI is InChI=1S/C11H23N.C8H16N2.C5H11N/c1-2-12-10-6-9-11-7-4-3-5-8-11;1-2-8-7-9-3-5-10(8)6-4-9;1-2-6-4-3-5-6/h11-12H,2-10H2,1H3;8H,2-7H2,1H3;2-5H2,1H3/p+3. The molecule has 5 aliphatic rings. The van der Waals surface area contributed by atoms with Gasteiger partial charge in [-0.1, -0.05) is 39.0 Å². The Labute approximate surface area is 176 Å². The molecule has 1 unspecified atom stereocenters. The lowest BCUT2D eigenvalue weighted by Crippen LogP contribution is -3.21. The first-order valence-corrected chi connectivity index (χ1v) is 13.0. The van der Waals surface area contributed by atoms with E-state index in [-0.39, 0.29) is 0 Å². The maximum absolute atomic E-state index is 2.61. The van der Waals surface area contributed by atoms with Crippen LogP contribution in [0, 0.1) is 5.92 Å². The number of nitrogens with one attached hydrogen (secondary N) is 2. The van der Waals surface area contributed by atoms with E-state index >= 15 is 0 Å². The molecule has 0 spiro atoms. The molecule has 4 saturated heterocycles. The monoisotopic (exact) mass is 397 g/mol. The van der Waals surface area contributed by atoms with Gasteiger partial charge in [0.25, 0.3) is 0 Å². The summed E-state index contributed by atoms with van der Waals surface area (Å²) >= 11 is 0. The Morgan fingerprint density at radius 1 is 0.893 bits per heavy atom. The normalized spacial score (nSPS) is 29.9. The highest BCUT2D eigenvalue weighted by Crippen LogP contribution is 2.26. The number of hydrogen-bond acceptors (Lipinski definition) is 1. The number of quaternary nitrogens is 3. The molecule has 2 bridgehead atoms. The quantitative estimate of drug-likeness (QED) is 0.527. The van der Waals surface area contributed by atoms with E-state index < -0.39 is 0 Å². The second-order valence-electron chi connectivity index (χ2n) is 9.65. The molecule has 28 heavy (non-hydrogen) atoms. The second kappa shape index (κ2) is 14.8. The van der Waals surface area contributed by atoms with Crippen molar-refractivity contribution in [2.24, 2.45) is 5.92 Å². The molecule has 5 fully saturated rings. The Balaban J connectivity index is 0.000000158. The van der Waals surface area contributed by atoms with E-state index in [1.807, 2.05) is 4.90 Å². The molecule has 1 saturated carbocycles. The molecule has 0 radical (unpaired) electrons. The van der Waals surface area contributed by atoms with Crippen molar-refractivity contribution in [3.63, 3.8) is 0 Å². The number of piperazine rings is 3. The summed E-state index contributed by atoms with van der Waals surface area (Å²) in [4.78, 5) is 6.25. The van der Waals surface area contributed by atoms with E-state index in [2.05, 4.69) is 31.0 Å². The molecule has 1 aliphatic carbocycles. The molecule has 0 aromatic heterocycles. The minimum absolute atomic E-state index is 0.961. The van der Waals surface area contributed by atoms with Crippen LogP contribution in [0.15, 0.2) is 0 Å². The molecule has 4 heteroatoms. The van der Waals surface area contributed by atoms with Gasteiger partial charge in [0.15, 0.2) is 0 Å². The second-order valence-corrected chi connectivity index (χ2v) is 9.65. The smallest absolute Gasteiger partial charge is 0.100 e. The summed E-state index contributed by atoms with van der Waals surface area (Å²) < 4.78 is 0. The summed E-state index contributed by atoms with van der Waals surface area (Å²) in [5.74, 6) is 1.09. The maximum atomic E-state index is 2.61. The van der Waals surface area contributed by atoms with Crippen molar-refractivity contribution in [1.29, 1.82) is 0 Å². The number of likely N-dealkylation sites (tertiary alicyclic amines) is 1. The van der Waals surface area contributed by atoms with E-state index in [4.69, 9.17) is 0 Å². The van der Waals surface area contributed by atoms with Gasteiger partial charge in [-0.3, -0.25) is 4.90 Å². The van der Waals surface area contributed by atoms with E-state index in [9.17, 15) is 0 Å². The van der Waals surface area contributed by atoms with E-state index in [1.165, 1.54) is 123 Å². The molecule has 4 N–H and O–H groups in total. The third-order valence-corrected chi connectivity index (χ3v) is 7.64. The van der Waals surface area contributed by atoms with Crippen LogP contribution in [0.3, 0.4) is 0 Å². The fourth-order valence-electron chi connectivity index (χ4n) is 5.30. The fraction of sp³-hybridized carbons (Fsp3) is 1.00. The van der Waals surface area contributed by atoms with Crippen LogP contribution in [-0.4, -0.2) is 76.4 Å². The zero-order valence-corrected chi connectivity index (χ0v) is 19.6. The third-order valence-electron chi connectivity index (χ3n) is 7.64. The molecule has 5 rings (SSSR count). The predicted octanol–water partition coefficient (Wildman–Crippen LogP) is 0.204. The van der Waals surface area contributed by atoms with E-state index in [0.717, 1.165) is 12.0 Å². The highest BCUT2D eigenvalue weighted by molar-refractivity contribution is 4.72. The Morgan fingerprint density at radius 2 is 1.61 bits per heavy atom. The van der Waals surface area contributed by atoms with Crippen molar-refractivity contribution in [2.75, 3.05) is 65.4 Å². The minimum Gasteiger partial charge on any atom is -0.346 e. The molecule has 0 amide bonds. The molecular weight excluding hydrogens is 344 g/mol. The molecule has 0 aromatic carbocycles. The number of rotatable bonds is 7. The SMILES string of the molecule is CCC1CN2CC[NH+]1CC2.CC[NH+]1CCC1.CC[NH2+]CCCC1CCCCC1. The molecule has 4 heterocycles. The molecular formula is C24H53N4+3. The first kappa shape index (κ1) is 24.1. The Kier molecular flexibility index (Phi) is 12.7. The summed E-state index contributed by atoms with van der Waals surface area (Å²) in [7, 11) is 0. The van der Waals surface area contributed by atoms with Crippen LogP contribution < -0.4 is 15.1 Å². The van der Waals surface area contributed by atoms with Crippen LogP contribution in [0.1, 0.15) is 78.6 Å². The summed E-state index contributed by atoms with van der Waals surface area (Å²) in [6.45, 7) is 20.5. The van der Waals surface area contributed by atoms with Crippen molar-refractivity contribution in [1.82, 2.24) is 4.90 Å². The first-order valence-electron chi connectivity index (χ1n) is 13.0. The maximum Gasteiger partial charge on any atom is 0.100 e. The number of nitrogens with two attached hydrogens (primary N) is 1. The zero-order chi connectivity index (χ0) is 20.0. The Bertz CT molecular complexity index is 355. The van der Waals surface area contributed by atoms with Gasteiger partial charge in [-0.25, -0.2) is 0 Å². The number of fused-ring (bicyclic) bond motifs is 3. The van der Waals surface area contributed by atoms with Crippen molar-refractivity contribution >= 4 is 0 Å². The largest absolute Gasteiger partial charge is 0.346 e. The van der Waals surface area contributed by atoms with Crippen LogP contribution in [0.25, 0.3) is 0 Å². The third kappa shape index (κ3) is 9.11. The average Bonchev–Trinajstić information content (AvgIpc) is 2.73. The van der Waals surface area contributed by atoms with Crippen molar-refractivity contribution < 1.29 is 15.1 Å². The summed E-state index contributed by atoms with van der Waals surface area (Å²) in [5.41, 5.74) is 0. The molecule has 1 atom stereocenters. The lowest BCUT2D eigenvalue weighted by molar-refractivity contribution is -0.940. The highest BCUT2D eigenvalue weighted by atomic mass is 15.3. The van der Waals surface area contributed by atoms with Gasteiger partial charge in [0.1, 0.15) is 6.04 Å². The molecule has 0 aromatic rings. The van der Waals surface area contributed by atoms with Gasteiger partial charge in [-0.15, -0.1) is 0 Å². The van der Waals surface area contributed by atoms with Crippen molar-refractivity contribution in [3.05, 3.63) is 0 Å². The van der Waals surface area contributed by atoms with Gasteiger partial charge in [0.2, 0.25) is 0 Å². The van der Waals surface area contributed by atoms with Gasteiger partial charge in [0.05, 0.1) is 52.4 Å². The van der Waals surface area contributed by atoms with Crippen molar-refractivity contribution in [3.8, 4) is 0 Å². The van der Waals surface area contributed by atoms with Gasteiger partial charge in [-0.05, 0) is 39.0 Å². The van der Waals surface area contributed by atoms with Crippen LogP contribution in [0.5, 0.6) is 0 Å². The lowest BCUT2D eigenvalue weighted by Gasteiger charge is -2.44. The first-order chi connectivity index (χ1) is 13.8. The molecule has 4 nitrogen and oxygen atoms in total. The van der Waals surface area contributed by atoms with Crippen LogP contribution in [-0.2, 0) is 0 Å². The zero-order valence-electron chi connectivity index (χ0n) is 19.6. The van der Waals surface area contributed by atoms with E-state index in [1.54, 1.807) is 4.90 Å². The lowest BCUT2D eigenvalue weighted by atomic mass is 9.86. The molecule has 4 aliphatic heterocycles. The van der Waals surface area contributed by atoms with Crippen LogP contribution >= 0.6 is 0 Å². The molecule has 166 valence electrons. The van der Waals surface area contributed by atoms with Gasteiger partial charge >= 0.3 is 0 Å².